The SMILES string of the molecule is CN(C)CCCNC(=O)c1cc(N2CCN(c3ccccc3)CC2)ncn1. The van der Waals surface area contributed by atoms with Gasteiger partial charge in [-0.3, -0.25) is 4.79 Å². The number of hydrogen-bond acceptors (Lipinski definition) is 6. The Morgan fingerprint density at radius 2 is 1.78 bits per heavy atom. The topological polar surface area (TPSA) is 64.6 Å². The summed E-state index contributed by atoms with van der Waals surface area (Å²) in [5.74, 6) is 0.677. The van der Waals surface area contributed by atoms with Gasteiger partial charge in [0.15, 0.2) is 0 Å². The average Bonchev–Trinajstić information content (AvgIpc) is 2.72. The third kappa shape index (κ3) is 5.40. The second-order valence-electron chi connectivity index (χ2n) is 6.98. The average molecular weight is 368 g/mol. The summed E-state index contributed by atoms with van der Waals surface area (Å²) in [5, 5.41) is 2.93. The highest BCUT2D eigenvalue weighted by Gasteiger charge is 2.19. The molecule has 1 saturated heterocycles. The molecule has 0 radical (unpaired) electrons. The molecule has 0 unspecified atom stereocenters. The van der Waals surface area contributed by atoms with E-state index in [1.54, 1.807) is 6.07 Å². The molecule has 0 spiro atoms. The molecule has 0 bridgehead atoms. The Balaban J connectivity index is 1.54. The van der Waals surface area contributed by atoms with E-state index in [1.807, 2.05) is 20.2 Å². The Morgan fingerprint density at radius 3 is 2.48 bits per heavy atom. The molecule has 7 heteroatoms. The number of para-hydroxylation sites is 1. The van der Waals surface area contributed by atoms with Crippen LogP contribution in [-0.2, 0) is 0 Å². The van der Waals surface area contributed by atoms with E-state index in [9.17, 15) is 4.79 Å². The molecule has 1 amide bonds. The number of nitrogens with one attached hydrogen (secondary N) is 1. The lowest BCUT2D eigenvalue weighted by molar-refractivity contribution is 0.0947. The quantitative estimate of drug-likeness (QED) is 0.747. The number of piperazine rings is 1. The second kappa shape index (κ2) is 9.32. The Bertz CT molecular complexity index is 728. The number of nitrogens with zero attached hydrogens (tertiary/aromatic N) is 5. The molecule has 3 rings (SSSR count). The summed E-state index contributed by atoms with van der Waals surface area (Å²) >= 11 is 0. The van der Waals surface area contributed by atoms with Crippen LogP contribution in [0.3, 0.4) is 0 Å². The highest BCUT2D eigenvalue weighted by molar-refractivity contribution is 5.92. The predicted octanol–water partition coefficient (Wildman–Crippen LogP) is 1.48. The zero-order valence-electron chi connectivity index (χ0n) is 16.1. The van der Waals surface area contributed by atoms with Gasteiger partial charge >= 0.3 is 0 Å². The molecular weight excluding hydrogens is 340 g/mol. The van der Waals surface area contributed by atoms with E-state index < -0.39 is 0 Å². The first kappa shape index (κ1) is 19.1. The highest BCUT2D eigenvalue weighted by Crippen LogP contribution is 2.19. The number of aromatic nitrogens is 2. The van der Waals surface area contributed by atoms with Crippen LogP contribution < -0.4 is 15.1 Å². The van der Waals surface area contributed by atoms with E-state index in [4.69, 9.17) is 0 Å². The number of carbonyl (C=O) groups excluding carboxylic acids is 1. The van der Waals surface area contributed by atoms with E-state index >= 15 is 0 Å². The summed E-state index contributed by atoms with van der Waals surface area (Å²) in [7, 11) is 4.05. The van der Waals surface area contributed by atoms with Crippen molar-refractivity contribution in [1.82, 2.24) is 20.2 Å². The fourth-order valence-corrected chi connectivity index (χ4v) is 3.16. The standard InChI is InChI=1S/C20H28N6O/c1-24(2)10-6-9-21-20(27)18-15-19(23-16-22-18)26-13-11-25(12-14-26)17-7-4-3-5-8-17/h3-5,7-8,15-16H,6,9-14H2,1-2H3,(H,21,27). The molecule has 0 atom stereocenters. The summed E-state index contributed by atoms with van der Waals surface area (Å²) in [4.78, 5) is 27.5. The van der Waals surface area contributed by atoms with Gasteiger partial charge in [0.05, 0.1) is 0 Å². The van der Waals surface area contributed by atoms with Crippen LogP contribution in [0.25, 0.3) is 0 Å². The zero-order valence-corrected chi connectivity index (χ0v) is 16.1. The molecule has 1 aliphatic heterocycles. The summed E-state index contributed by atoms with van der Waals surface area (Å²) in [6, 6.07) is 12.2. The lowest BCUT2D eigenvalue weighted by atomic mass is 10.2. The number of carbonyl (C=O) groups is 1. The van der Waals surface area contributed by atoms with Gasteiger partial charge in [0, 0.05) is 44.5 Å². The second-order valence-corrected chi connectivity index (χ2v) is 6.98. The van der Waals surface area contributed by atoms with E-state index in [2.05, 4.69) is 54.2 Å². The van der Waals surface area contributed by atoms with E-state index in [-0.39, 0.29) is 5.91 Å². The van der Waals surface area contributed by atoms with Crippen molar-refractivity contribution in [3.05, 3.63) is 48.4 Å². The maximum absolute atomic E-state index is 12.3. The van der Waals surface area contributed by atoms with Gasteiger partial charge in [0.2, 0.25) is 0 Å². The van der Waals surface area contributed by atoms with Gasteiger partial charge in [-0.15, -0.1) is 0 Å². The number of amides is 1. The molecule has 27 heavy (non-hydrogen) atoms. The first-order chi connectivity index (χ1) is 13.1. The molecule has 1 aliphatic rings. The minimum atomic E-state index is -0.139. The molecular formula is C20H28N6O. The summed E-state index contributed by atoms with van der Waals surface area (Å²) in [5.41, 5.74) is 1.67. The van der Waals surface area contributed by atoms with Gasteiger partial charge < -0.3 is 20.0 Å². The smallest absolute Gasteiger partial charge is 0.270 e. The third-order valence-corrected chi connectivity index (χ3v) is 4.68. The third-order valence-electron chi connectivity index (χ3n) is 4.68. The van der Waals surface area contributed by atoms with Gasteiger partial charge in [-0.05, 0) is 39.2 Å². The van der Waals surface area contributed by atoms with E-state index in [1.165, 1.54) is 12.0 Å². The van der Waals surface area contributed by atoms with Gasteiger partial charge in [-0.25, -0.2) is 9.97 Å². The largest absolute Gasteiger partial charge is 0.368 e. The van der Waals surface area contributed by atoms with Gasteiger partial charge in [-0.2, -0.15) is 0 Å². The van der Waals surface area contributed by atoms with Crippen molar-refractivity contribution in [2.24, 2.45) is 0 Å². The number of anilines is 2. The summed E-state index contributed by atoms with van der Waals surface area (Å²) in [6.07, 6.45) is 2.39. The van der Waals surface area contributed by atoms with Crippen LogP contribution in [0.5, 0.6) is 0 Å². The monoisotopic (exact) mass is 368 g/mol. The number of benzene rings is 1. The van der Waals surface area contributed by atoms with Gasteiger partial charge in [-0.1, -0.05) is 18.2 Å². The molecule has 1 fully saturated rings. The van der Waals surface area contributed by atoms with Crippen molar-refractivity contribution in [3.63, 3.8) is 0 Å². The summed E-state index contributed by atoms with van der Waals surface area (Å²) < 4.78 is 0. The van der Waals surface area contributed by atoms with Crippen LogP contribution in [0, 0.1) is 0 Å². The Labute approximate surface area is 161 Å². The fourth-order valence-electron chi connectivity index (χ4n) is 3.16. The molecule has 2 heterocycles. The Hall–Kier alpha value is -2.67. The van der Waals surface area contributed by atoms with Crippen molar-refractivity contribution < 1.29 is 4.79 Å². The lowest BCUT2D eigenvalue weighted by Gasteiger charge is -2.36. The van der Waals surface area contributed by atoms with E-state index in [0.29, 0.717) is 12.2 Å². The van der Waals surface area contributed by atoms with Crippen molar-refractivity contribution in [2.45, 2.75) is 6.42 Å². The first-order valence-electron chi connectivity index (χ1n) is 9.43. The van der Waals surface area contributed by atoms with Crippen LogP contribution >= 0.6 is 0 Å². The molecule has 2 aromatic rings. The lowest BCUT2D eigenvalue weighted by Crippen LogP contribution is -2.47. The van der Waals surface area contributed by atoms with Crippen LogP contribution in [0.1, 0.15) is 16.9 Å². The van der Waals surface area contributed by atoms with Crippen LogP contribution in [-0.4, -0.2) is 74.1 Å². The normalized spacial score (nSPS) is 14.5. The Morgan fingerprint density at radius 1 is 1.07 bits per heavy atom. The van der Waals surface area contributed by atoms with Crippen molar-refractivity contribution >= 4 is 17.4 Å². The predicted molar refractivity (Wildman–Crippen MR) is 108 cm³/mol. The summed E-state index contributed by atoms with van der Waals surface area (Å²) in [6.45, 7) is 5.19. The molecule has 144 valence electrons. The first-order valence-corrected chi connectivity index (χ1v) is 9.43. The van der Waals surface area contributed by atoms with Crippen LogP contribution in [0.15, 0.2) is 42.7 Å². The van der Waals surface area contributed by atoms with Crippen molar-refractivity contribution in [1.29, 1.82) is 0 Å². The minimum Gasteiger partial charge on any atom is -0.368 e. The number of hydrogen-bond donors (Lipinski definition) is 1. The molecule has 1 aromatic carbocycles. The maximum Gasteiger partial charge on any atom is 0.270 e. The maximum atomic E-state index is 12.3. The van der Waals surface area contributed by atoms with Crippen molar-refractivity contribution in [3.8, 4) is 0 Å². The minimum absolute atomic E-state index is 0.139. The number of rotatable bonds is 7. The highest BCUT2D eigenvalue weighted by atomic mass is 16.1. The molecule has 0 saturated carbocycles. The Kier molecular flexibility index (Phi) is 6.59. The molecule has 1 N–H and O–H groups in total. The molecule has 1 aromatic heterocycles. The molecule has 7 nitrogen and oxygen atoms in total. The van der Waals surface area contributed by atoms with Crippen LogP contribution in [0.2, 0.25) is 0 Å². The van der Waals surface area contributed by atoms with Gasteiger partial charge in [0.25, 0.3) is 5.91 Å². The van der Waals surface area contributed by atoms with Crippen LogP contribution in [0.4, 0.5) is 11.5 Å². The van der Waals surface area contributed by atoms with Crippen molar-refractivity contribution in [2.75, 3.05) is 63.2 Å². The van der Waals surface area contributed by atoms with Gasteiger partial charge in [0.1, 0.15) is 17.8 Å². The van der Waals surface area contributed by atoms with E-state index in [0.717, 1.165) is 45.0 Å². The fraction of sp³-hybridized carbons (Fsp3) is 0.450. The zero-order chi connectivity index (χ0) is 19.1. The molecule has 0 aliphatic carbocycles.